The molecule has 1 aliphatic heterocycles. The minimum Gasteiger partial charge on any atom is -0.493 e. The minimum atomic E-state index is -0.358. The Morgan fingerprint density at radius 2 is 1.87 bits per heavy atom. The predicted molar refractivity (Wildman–Crippen MR) is 121 cm³/mol. The average molecular weight is 490 g/mol. The Balaban J connectivity index is 1.70. The number of imide groups is 1. The van der Waals surface area contributed by atoms with Crippen LogP contribution in [0.4, 0.5) is 4.79 Å². The highest BCUT2D eigenvalue weighted by Crippen LogP contribution is 2.35. The van der Waals surface area contributed by atoms with E-state index in [1.54, 1.807) is 37.5 Å². The van der Waals surface area contributed by atoms with Crippen LogP contribution < -0.4 is 14.2 Å². The zero-order chi connectivity index (χ0) is 21.5. The summed E-state index contributed by atoms with van der Waals surface area (Å²) in [5, 5.41) is -0.335. The number of thioether (sulfide) groups is 1. The van der Waals surface area contributed by atoms with E-state index in [2.05, 4.69) is 22.5 Å². The molecule has 0 spiro atoms. The Hall–Kier alpha value is -2.71. The smallest absolute Gasteiger partial charge is 0.293 e. The van der Waals surface area contributed by atoms with E-state index in [9.17, 15) is 9.59 Å². The van der Waals surface area contributed by atoms with E-state index in [0.717, 1.165) is 16.2 Å². The number of benzene rings is 2. The van der Waals surface area contributed by atoms with Crippen LogP contribution in [0, 0.1) is 0 Å². The molecule has 156 valence electrons. The van der Waals surface area contributed by atoms with Crippen molar-refractivity contribution >= 4 is 44.9 Å². The monoisotopic (exact) mass is 489 g/mol. The van der Waals surface area contributed by atoms with Crippen molar-refractivity contribution < 1.29 is 23.8 Å². The second-order valence-corrected chi connectivity index (χ2v) is 8.02. The van der Waals surface area contributed by atoms with E-state index < -0.39 is 0 Å². The molecule has 0 bridgehead atoms. The Labute approximate surface area is 187 Å². The van der Waals surface area contributed by atoms with Crippen LogP contribution in [0.5, 0.6) is 17.2 Å². The van der Waals surface area contributed by atoms with Crippen LogP contribution in [0.2, 0.25) is 0 Å². The van der Waals surface area contributed by atoms with Crippen LogP contribution >= 0.6 is 27.7 Å². The van der Waals surface area contributed by atoms with Crippen LogP contribution in [0.15, 0.2) is 64.5 Å². The molecule has 2 amide bonds. The highest BCUT2D eigenvalue weighted by atomic mass is 79.9. The number of ether oxygens (including phenoxy) is 3. The molecule has 1 fully saturated rings. The number of nitrogens with zero attached hydrogens (tertiary/aromatic N) is 1. The number of carbonyl (C=O) groups is 2. The van der Waals surface area contributed by atoms with Gasteiger partial charge in [-0.2, -0.15) is 0 Å². The molecule has 0 N–H and O–H groups in total. The van der Waals surface area contributed by atoms with Gasteiger partial charge in [-0.05, 0) is 48.2 Å². The van der Waals surface area contributed by atoms with Gasteiger partial charge in [-0.15, -0.1) is 0 Å². The fraction of sp³-hybridized carbons (Fsp3) is 0.182. The van der Waals surface area contributed by atoms with Crippen molar-refractivity contribution in [2.45, 2.75) is 0 Å². The molecule has 0 radical (unpaired) electrons. The van der Waals surface area contributed by atoms with Crippen LogP contribution in [0.1, 0.15) is 5.56 Å². The number of halogens is 1. The largest absolute Gasteiger partial charge is 0.493 e. The highest BCUT2D eigenvalue weighted by molar-refractivity contribution is 9.10. The lowest BCUT2D eigenvalue weighted by atomic mass is 10.2. The molecule has 2 aromatic carbocycles. The van der Waals surface area contributed by atoms with Crippen molar-refractivity contribution in [1.29, 1.82) is 0 Å². The number of hydrogen-bond acceptors (Lipinski definition) is 6. The van der Waals surface area contributed by atoms with Gasteiger partial charge in [0, 0.05) is 10.0 Å². The first-order chi connectivity index (χ1) is 14.5. The maximum absolute atomic E-state index is 12.8. The standard InChI is InChI=1S/C22H20BrNO5S/c1-3-11-28-17-9-8-16(23)13-15(17)14-20-21(25)24(22(26)30-20)10-12-29-19-7-5-4-6-18(19)27-2/h3-9,13-14H,1,10-12H2,2H3/b20-14-. The zero-order valence-electron chi connectivity index (χ0n) is 16.3. The normalized spacial score (nSPS) is 14.9. The molecule has 0 saturated carbocycles. The summed E-state index contributed by atoms with van der Waals surface area (Å²) < 4.78 is 17.4. The molecule has 1 heterocycles. The molecular formula is C22H20BrNO5S. The van der Waals surface area contributed by atoms with Crippen molar-refractivity contribution in [1.82, 2.24) is 4.90 Å². The van der Waals surface area contributed by atoms with E-state index in [1.165, 1.54) is 4.90 Å². The second-order valence-electron chi connectivity index (χ2n) is 6.11. The summed E-state index contributed by atoms with van der Waals surface area (Å²) in [5.74, 6) is 1.39. The van der Waals surface area contributed by atoms with Crippen molar-refractivity contribution in [2.24, 2.45) is 0 Å². The molecule has 30 heavy (non-hydrogen) atoms. The molecule has 6 nitrogen and oxygen atoms in total. The predicted octanol–water partition coefficient (Wildman–Crippen LogP) is 5.14. The van der Waals surface area contributed by atoms with Gasteiger partial charge in [0.15, 0.2) is 11.5 Å². The molecule has 0 atom stereocenters. The van der Waals surface area contributed by atoms with Gasteiger partial charge in [-0.25, -0.2) is 0 Å². The molecule has 0 aromatic heterocycles. The van der Waals surface area contributed by atoms with Gasteiger partial charge in [0.25, 0.3) is 11.1 Å². The Kier molecular flexibility index (Phi) is 7.59. The summed E-state index contributed by atoms with van der Waals surface area (Å²) in [7, 11) is 1.55. The van der Waals surface area contributed by atoms with E-state index >= 15 is 0 Å². The first-order valence-corrected chi connectivity index (χ1v) is 10.7. The molecule has 1 saturated heterocycles. The van der Waals surface area contributed by atoms with Crippen LogP contribution in [0.25, 0.3) is 6.08 Å². The fourth-order valence-corrected chi connectivity index (χ4v) is 3.97. The average Bonchev–Trinajstić information content (AvgIpc) is 3.01. The number of methoxy groups -OCH3 is 1. The summed E-state index contributed by atoms with van der Waals surface area (Å²) in [5.41, 5.74) is 0.696. The minimum absolute atomic E-state index is 0.137. The van der Waals surface area contributed by atoms with E-state index in [1.807, 2.05) is 24.3 Å². The van der Waals surface area contributed by atoms with Gasteiger partial charge >= 0.3 is 0 Å². The highest BCUT2D eigenvalue weighted by Gasteiger charge is 2.35. The number of rotatable bonds is 9. The summed E-state index contributed by atoms with van der Waals surface area (Å²) in [4.78, 5) is 26.6. The van der Waals surface area contributed by atoms with Crippen molar-refractivity contribution in [2.75, 3.05) is 26.9 Å². The molecule has 2 aromatic rings. The quantitative estimate of drug-likeness (QED) is 0.359. The fourth-order valence-electron chi connectivity index (χ4n) is 2.73. The lowest BCUT2D eigenvalue weighted by molar-refractivity contribution is -0.123. The lowest BCUT2D eigenvalue weighted by Gasteiger charge is -2.14. The third-order valence-electron chi connectivity index (χ3n) is 4.13. The lowest BCUT2D eigenvalue weighted by Crippen LogP contribution is -2.32. The number of hydrogen-bond donors (Lipinski definition) is 0. The van der Waals surface area contributed by atoms with Crippen molar-refractivity contribution in [3.8, 4) is 17.2 Å². The molecule has 0 unspecified atom stereocenters. The number of para-hydroxylation sites is 2. The maximum Gasteiger partial charge on any atom is 0.293 e. The van der Waals surface area contributed by atoms with Crippen molar-refractivity contribution in [3.05, 3.63) is 70.1 Å². The topological polar surface area (TPSA) is 65.1 Å². The van der Waals surface area contributed by atoms with E-state index in [4.69, 9.17) is 14.2 Å². The summed E-state index contributed by atoms with van der Waals surface area (Å²) in [6.45, 7) is 4.28. The van der Waals surface area contributed by atoms with Gasteiger partial charge in [-0.3, -0.25) is 14.5 Å². The van der Waals surface area contributed by atoms with Gasteiger partial charge in [-0.1, -0.05) is 40.7 Å². The summed E-state index contributed by atoms with van der Waals surface area (Å²) >= 11 is 4.32. The van der Waals surface area contributed by atoms with Crippen LogP contribution in [0.3, 0.4) is 0 Å². The Morgan fingerprint density at radius 3 is 2.60 bits per heavy atom. The van der Waals surface area contributed by atoms with Crippen LogP contribution in [-0.2, 0) is 4.79 Å². The number of amides is 2. The van der Waals surface area contributed by atoms with Crippen molar-refractivity contribution in [3.63, 3.8) is 0 Å². The van der Waals surface area contributed by atoms with E-state index in [-0.39, 0.29) is 24.3 Å². The van der Waals surface area contributed by atoms with Gasteiger partial charge < -0.3 is 14.2 Å². The molecule has 3 rings (SSSR count). The van der Waals surface area contributed by atoms with Gasteiger partial charge in [0.05, 0.1) is 18.6 Å². The maximum atomic E-state index is 12.8. The van der Waals surface area contributed by atoms with Gasteiger partial charge in [0.2, 0.25) is 0 Å². The third kappa shape index (κ3) is 5.25. The SMILES string of the molecule is C=CCOc1ccc(Br)cc1/C=C1\SC(=O)N(CCOc2ccccc2OC)C1=O. The molecular weight excluding hydrogens is 470 g/mol. The number of carbonyl (C=O) groups excluding carboxylic acids is 2. The van der Waals surface area contributed by atoms with E-state index in [0.29, 0.717) is 34.3 Å². The third-order valence-corrected chi connectivity index (χ3v) is 5.53. The summed E-state index contributed by atoms with van der Waals surface area (Å²) in [6.07, 6.45) is 3.30. The molecule has 0 aliphatic carbocycles. The zero-order valence-corrected chi connectivity index (χ0v) is 18.7. The first-order valence-electron chi connectivity index (χ1n) is 9.08. The first kappa shape index (κ1) is 22.0. The van der Waals surface area contributed by atoms with Gasteiger partial charge in [0.1, 0.15) is 19.0 Å². The molecule has 8 heteroatoms. The second kappa shape index (κ2) is 10.4. The summed E-state index contributed by atoms with van der Waals surface area (Å²) in [6, 6.07) is 12.7. The molecule has 1 aliphatic rings. The Morgan fingerprint density at radius 1 is 1.10 bits per heavy atom. The van der Waals surface area contributed by atoms with Crippen LogP contribution in [-0.4, -0.2) is 42.9 Å². The Bertz CT molecular complexity index is 991.